The first-order valence-electron chi connectivity index (χ1n) is 7.35. The smallest absolute Gasteiger partial charge is 0.289 e. The number of rotatable bonds is 4. The van der Waals surface area contributed by atoms with Gasteiger partial charge in [-0.05, 0) is 42.0 Å². The SMILES string of the molecule is O=C(/C=C(\c1cc(Cl)cc(Cl)c1)C(F)(F)F)c1ccc(-n2cncn2)nc1. The molecule has 0 amide bonds. The standard InChI is InChI=1S/C17H9Cl2F3N4O/c18-12-3-11(4-13(19)5-12)14(17(20,21)22)6-15(27)10-1-2-16(24-7-10)26-9-23-8-25-26/h1-9H/b14-6+. The minimum absolute atomic E-state index is 0.0197. The zero-order chi connectivity index (χ0) is 19.6. The maximum absolute atomic E-state index is 13.5. The maximum Gasteiger partial charge on any atom is 0.417 e. The Bertz CT molecular complexity index is 980. The number of pyridine rings is 1. The van der Waals surface area contributed by atoms with E-state index in [2.05, 4.69) is 15.1 Å². The van der Waals surface area contributed by atoms with Gasteiger partial charge in [-0.3, -0.25) is 4.79 Å². The molecular formula is C17H9Cl2F3N4O. The van der Waals surface area contributed by atoms with Gasteiger partial charge in [0, 0.05) is 21.8 Å². The quantitative estimate of drug-likeness (QED) is 0.456. The van der Waals surface area contributed by atoms with E-state index in [0.29, 0.717) is 11.9 Å². The van der Waals surface area contributed by atoms with Crippen molar-refractivity contribution in [3.05, 3.63) is 76.4 Å². The summed E-state index contributed by atoms with van der Waals surface area (Å²) in [6, 6.07) is 6.27. The van der Waals surface area contributed by atoms with Crippen molar-refractivity contribution in [1.29, 1.82) is 0 Å². The molecule has 0 unspecified atom stereocenters. The molecule has 0 fully saturated rings. The van der Waals surface area contributed by atoms with Gasteiger partial charge in [0.15, 0.2) is 11.6 Å². The van der Waals surface area contributed by atoms with Gasteiger partial charge in [-0.1, -0.05) is 23.2 Å². The highest BCUT2D eigenvalue weighted by Crippen LogP contribution is 2.36. The van der Waals surface area contributed by atoms with E-state index in [-0.39, 0.29) is 21.2 Å². The van der Waals surface area contributed by atoms with Crippen molar-refractivity contribution in [3.63, 3.8) is 0 Å². The molecule has 0 aliphatic heterocycles. The Labute approximate surface area is 161 Å². The number of carbonyl (C=O) groups is 1. The summed E-state index contributed by atoms with van der Waals surface area (Å²) < 4.78 is 41.7. The van der Waals surface area contributed by atoms with E-state index < -0.39 is 17.5 Å². The number of carbonyl (C=O) groups excluding carboxylic acids is 1. The molecule has 0 N–H and O–H groups in total. The van der Waals surface area contributed by atoms with Crippen LogP contribution in [0.5, 0.6) is 0 Å². The van der Waals surface area contributed by atoms with Gasteiger partial charge in [-0.25, -0.2) is 14.6 Å². The summed E-state index contributed by atoms with van der Waals surface area (Å²) in [5.41, 5.74) is -1.48. The van der Waals surface area contributed by atoms with Crippen molar-refractivity contribution in [2.24, 2.45) is 0 Å². The van der Waals surface area contributed by atoms with Crippen molar-refractivity contribution in [3.8, 4) is 5.82 Å². The average molecular weight is 413 g/mol. The summed E-state index contributed by atoms with van der Waals surface area (Å²) in [6.07, 6.45) is -0.426. The second-order valence-electron chi connectivity index (χ2n) is 5.32. The summed E-state index contributed by atoms with van der Waals surface area (Å²) >= 11 is 11.6. The van der Waals surface area contributed by atoms with Crippen LogP contribution in [-0.2, 0) is 0 Å². The molecule has 138 valence electrons. The molecule has 0 bridgehead atoms. The van der Waals surface area contributed by atoms with Crippen LogP contribution in [0.15, 0.2) is 55.3 Å². The highest BCUT2D eigenvalue weighted by Gasteiger charge is 2.35. The second kappa shape index (κ2) is 7.50. The number of hydrogen-bond donors (Lipinski definition) is 0. The molecule has 0 radical (unpaired) electrons. The van der Waals surface area contributed by atoms with Gasteiger partial charge in [0.2, 0.25) is 0 Å². The molecule has 0 spiro atoms. The Hall–Kier alpha value is -2.71. The first-order chi connectivity index (χ1) is 12.7. The van der Waals surface area contributed by atoms with Crippen LogP contribution in [-0.4, -0.2) is 31.7 Å². The molecule has 3 aromatic rings. The minimum atomic E-state index is -4.78. The predicted molar refractivity (Wildman–Crippen MR) is 94.0 cm³/mol. The van der Waals surface area contributed by atoms with E-state index in [1.54, 1.807) is 0 Å². The molecule has 0 aliphatic rings. The Morgan fingerprint density at radius 2 is 1.78 bits per heavy atom. The van der Waals surface area contributed by atoms with Crippen LogP contribution in [0.25, 0.3) is 11.4 Å². The van der Waals surface area contributed by atoms with E-state index in [0.717, 1.165) is 18.3 Å². The highest BCUT2D eigenvalue weighted by atomic mass is 35.5. The third-order valence-electron chi connectivity index (χ3n) is 3.44. The number of halogens is 5. The number of benzene rings is 1. The van der Waals surface area contributed by atoms with Crippen molar-refractivity contribution in [2.75, 3.05) is 0 Å². The number of alkyl halides is 3. The normalized spacial score (nSPS) is 12.3. The third-order valence-corrected chi connectivity index (χ3v) is 3.88. The van der Waals surface area contributed by atoms with Crippen molar-refractivity contribution >= 4 is 34.6 Å². The van der Waals surface area contributed by atoms with Gasteiger partial charge >= 0.3 is 6.18 Å². The Kier molecular flexibility index (Phi) is 5.29. The van der Waals surface area contributed by atoms with Crippen LogP contribution >= 0.6 is 23.2 Å². The van der Waals surface area contributed by atoms with Gasteiger partial charge in [-0.15, -0.1) is 0 Å². The Morgan fingerprint density at radius 3 is 2.30 bits per heavy atom. The van der Waals surface area contributed by atoms with Crippen molar-refractivity contribution in [2.45, 2.75) is 6.18 Å². The predicted octanol–water partition coefficient (Wildman–Crippen LogP) is 4.80. The van der Waals surface area contributed by atoms with E-state index >= 15 is 0 Å². The molecule has 0 saturated carbocycles. The molecular weight excluding hydrogens is 404 g/mol. The van der Waals surface area contributed by atoms with Crippen molar-refractivity contribution < 1.29 is 18.0 Å². The Morgan fingerprint density at radius 1 is 1.07 bits per heavy atom. The Balaban J connectivity index is 1.96. The topological polar surface area (TPSA) is 60.7 Å². The van der Waals surface area contributed by atoms with Crippen LogP contribution in [0.2, 0.25) is 10.0 Å². The lowest BCUT2D eigenvalue weighted by Gasteiger charge is -2.13. The highest BCUT2D eigenvalue weighted by molar-refractivity contribution is 6.35. The third kappa shape index (κ3) is 4.53. The van der Waals surface area contributed by atoms with Crippen LogP contribution < -0.4 is 0 Å². The average Bonchev–Trinajstić information content (AvgIpc) is 3.12. The fourth-order valence-electron chi connectivity index (χ4n) is 2.25. The lowest BCUT2D eigenvalue weighted by molar-refractivity contribution is -0.0689. The summed E-state index contributed by atoms with van der Waals surface area (Å²) in [6.45, 7) is 0. The fourth-order valence-corrected chi connectivity index (χ4v) is 2.77. The number of nitrogens with zero attached hydrogens (tertiary/aromatic N) is 4. The van der Waals surface area contributed by atoms with Crippen LogP contribution in [0.4, 0.5) is 13.2 Å². The second-order valence-corrected chi connectivity index (χ2v) is 6.20. The molecule has 2 aromatic heterocycles. The van der Waals surface area contributed by atoms with Gasteiger partial charge in [0.25, 0.3) is 0 Å². The largest absolute Gasteiger partial charge is 0.417 e. The molecule has 0 aliphatic carbocycles. The fraction of sp³-hybridized carbons (Fsp3) is 0.0588. The lowest BCUT2D eigenvalue weighted by Crippen LogP contribution is -2.13. The number of hydrogen-bond acceptors (Lipinski definition) is 4. The van der Waals surface area contributed by atoms with E-state index in [9.17, 15) is 18.0 Å². The van der Waals surface area contributed by atoms with E-state index in [1.165, 1.54) is 35.5 Å². The summed E-state index contributed by atoms with van der Waals surface area (Å²) in [5, 5.41) is 3.92. The molecule has 2 heterocycles. The van der Waals surface area contributed by atoms with E-state index in [1.807, 2.05) is 0 Å². The number of aromatic nitrogens is 4. The zero-order valence-corrected chi connectivity index (χ0v) is 14.8. The summed E-state index contributed by atoms with van der Waals surface area (Å²) in [7, 11) is 0. The first-order valence-corrected chi connectivity index (χ1v) is 8.10. The molecule has 1 aromatic carbocycles. The van der Waals surface area contributed by atoms with E-state index in [4.69, 9.17) is 23.2 Å². The number of allylic oxidation sites excluding steroid dienone is 2. The summed E-state index contributed by atoms with van der Waals surface area (Å²) in [4.78, 5) is 20.1. The molecule has 0 atom stereocenters. The van der Waals surface area contributed by atoms with Crippen LogP contribution in [0.1, 0.15) is 15.9 Å². The van der Waals surface area contributed by atoms with Crippen LogP contribution in [0.3, 0.4) is 0 Å². The maximum atomic E-state index is 13.5. The number of ketones is 1. The lowest BCUT2D eigenvalue weighted by atomic mass is 10.0. The molecule has 27 heavy (non-hydrogen) atoms. The van der Waals surface area contributed by atoms with Gasteiger partial charge in [0.05, 0.1) is 5.57 Å². The zero-order valence-electron chi connectivity index (χ0n) is 13.3. The van der Waals surface area contributed by atoms with Crippen LogP contribution in [0, 0.1) is 0 Å². The monoisotopic (exact) mass is 412 g/mol. The van der Waals surface area contributed by atoms with Gasteiger partial charge < -0.3 is 0 Å². The molecule has 0 saturated heterocycles. The van der Waals surface area contributed by atoms with Crippen molar-refractivity contribution in [1.82, 2.24) is 19.7 Å². The molecule has 10 heteroatoms. The minimum Gasteiger partial charge on any atom is -0.289 e. The summed E-state index contributed by atoms with van der Waals surface area (Å²) in [5.74, 6) is -0.498. The molecule has 3 rings (SSSR count). The first kappa shape index (κ1) is 19.1. The van der Waals surface area contributed by atoms with Gasteiger partial charge in [0.1, 0.15) is 12.7 Å². The molecule has 5 nitrogen and oxygen atoms in total. The van der Waals surface area contributed by atoms with Gasteiger partial charge in [-0.2, -0.15) is 18.3 Å².